The highest BCUT2D eigenvalue weighted by atomic mass is 16.5. The van der Waals surface area contributed by atoms with Gasteiger partial charge in [-0.25, -0.2) is 0 Å². The zero-order chi connectivity index (χ0) is 21.1. The van der Waals surface area contributed by atoms with Gasteiger partial charge in [0.1, 0.15) is 34.5 Å². The Morgan fingerprint density at radius 3 is 1.70 bits per heavy atom. The van der Waals surface area contributed by atoms with Crippen molar-refractivity contribution in [3.63, 3.8) is 0 Å². The monoisotopic (exact) mass is 400 g/mol. The number of ether oxygens (including phenoxy) is 2. The van der Waals surface area contributed by atoms with Crippen molar-refractivity contribution in [2.45, 2.75) is 0 Å². The molecule has 0 bridgehead atoms. The van der Waals surface area contributed by atoms with Crippen LogP contribution in [0.1, 0.15) is 0 Å². The van der Waals surface area contributed by atoms with Crippen LogP contribution in [0.4, 0.5) is 11.4 Å². The highest BCUT2D eigenvalue weighted by Crippen LogP contribution is 2.39. The van der Waals surface area contributed by atoms with Crippen LogP contribution >= 0.6 is 0 Å². The van der Waals surface area contributed by atoms with Gasteiger partial charge in [0, 0.05) is 17.7 Å². The van der Waals surface area contributed by atoms with E-state index >= 15 is 0 Å². The van der Waals surface area contributed by atoms with Crippen molar-refractivity contribution in [2.24, 2.45) is 0 Å². The lowest BCUT2D eigenvalue weighted by Gasteiger charge is -2.15. The maximum absolute atomic E-state index is 9.86. The van der Waals surface area contributed by atoms with Gasteiger partial charge in [-0.05, 0) is 48.0 Å². The molecule has 30 heavy (non-hydrogen) atoms. The van der Waals surface area contributed by atoms with Crippen LogP contribution in [0.15, 0.2) is 84.9 Å². The molecule has 0 spiro atoms. The van der Waals surface area contributed by atoms with Crippen molar-refractivity contribution >= 4 is 11.4 Å². The number of nitrogens with two attached hydrogens (primary N) is 2. The number of hydrogen-bond acceptors (Lipinski definition) is 6. The van der Waals surface area contributed by atoms with Gasteiger partial charge in [0.2, 0.25) is 0 Å². The Hall–Kier alpha value is -4.32. The quantitative estimate of drug-likeness (QED) is 0.259. The Morgan fingerprint density at radius 2 is 1.10 bits per heavy atom. The number of benzene rings is 4. The standard InChI is InChI=1S/C24H20N2O4/c25-20-9-6-17(13-22(20)27)29-16-8-11-24(19(12-16)15-4-2-1-3-5-15)30-18-7-10-21(26)23(28)14-18/h1-14,27-28H,25-26H2. The van der Waals surface area contributed by atoms with Crippen LogP contribution in [0.2, 0.25) is 0 Å². The Balaban J connectivity index is 1.71. The molecule has 0 saturated carbocycles. The average molecular weight is 400 g/mol. The Labute approximate surface area is 173 Å². The van der Waals surface area contributed by atoms with E-state index in [1.54, 1.807) is 36.4 Å². The third kappa shape index (κ3) is 4.07. The molecule has 6 N–H and O–H groups in total. The molecule has 4 aromatic carbocycles. The molecule has 0 amide bonds. The first-order chi connectivity index (χ1) is 14.5. The smallest absolute Gasteiger partial charge is 0.142 e. The van der Waals surface area contributed by atoms with Crippen LogP contribution in [0.3, 0.4) is 0 Å². The van der Waals surface area contributed by atoms with Gasteiger partial charge in [0.15, 0.2) is 0 Å². The second kappa shape index (κ2) is 7.97. The maximum Gasteiger partial charge on any atom is 0.142 e. The number of nitrogen functional groups attached to an aromatic ring is 2. The molecule has 0 aliphatic carbocycles. The van der Waals surface area contributed by atoms with Crippen molar-refractivity contribution in [3.8, 4) is 45.6 Å². The number of aromatic hydroxyl groups is 2. The highest BCUT2D eigenvalue weighted by Gasteiger charge is 2.12. The molecule has 0 saturated heterocycles. The van der Waals surface area contributed by atoms with Gasteiger partial charge < -0.3 is 31.2 Å². The fourth-order valence-corrected chi connectivity index (χ4v) is 2.94. The van der Waals surface area contributed by atoms with Crippen LogP contribution in [0, 0.1) is 0 Å². The van der Waals surface area contributed by atoms with Crippen LogP contribution in [0.5, 0.6) is 34.5 Å². The summed E-state index contributed by atoms with van der Waals surface area (Å²) in [6, 6.07) is 24.5. The molecule has 0 aromatic heterocycles. The number of phenols is 2. The molecule has 0 fully saturated rings. The van der Waals surface area contributed by atoms with Gasteiger partial charge in [-0.1, -0.05) is 30.3 Å². The predicted molar refractivity (Wildman–Crippen MR) is 117 cm³/mol. The molecule has 150 valence electrons. The lowest BCUT2D eigenvalue weighted by atomic mass is 10.0. The maximum atomic E-state index is 9.86. The van der Waals surface area contributed by atoms with E-state index in [2.05, 4.69) is 0 Å². The van der Waals surface area contributed by atoms with Gasteiger partial charge in [-0.15, -0.1) is 0 Å². The summed E-state index contributed by atoms with van der Waals surface area (Å²) < 4.78 is 11.9. The molecule has 4 aromatic rings. The first-order valence-electron chi connectivity index (χ1n) is 9.22. The second-order valence-corrected chi connectivity index (χ2v) is 6.67. The van der Waals surface area contributed by atoms with E-state index in [1.807, 2.05) is 36.4 Å². The summed E-state index contributed by atoms with van der Waals surface area (Å²) in [6.45, 7) is 0. The van der Waals surface area contributed by atoms with E-state index in [1.165, 1.54) is 12.1 Å². The van der Waals surface area contributed by atoms with Gasteiger partial charge in [-0.3, -0.25) is 0 Å². The highest BCUT2D eigenvalue weighted by molar-refractivity contribution is 5.73. The van der Waals surface area contributed by atoms with Crippen molar-refractivity contribution < 1.29 is 19.7 Å². The van der Waals surface area contributed by atoms with E-state index < -0.39 is 0 Å². The first kappa shape index (κ1) is 19.0. The van der Waals surface area contributed by atoms with Crippen LogP contribution in [0.25, 0.3) is 11.1 Å². The summed E-state index contributed by atoms with van der Waals surface area (Å²) in [7, 11) is 0. The molecule has 0 radical (unpaired) electrons. The molecular weight excluding hydrogens is 380 g/mol. The summed E-state index contributed by atoms with van der Waals surface area (Å²) >= 11 is 0. The molecule has 0 unspecified atom stereocenters. The molecular formula is C24H20N2O4. The van der Waals surface area contributed by atoms with Crippen LogP contribution < -0.4 is 20.9 Å². The topological polar surface area (TPSA) is 111 Å². The van der Waals surface area contributed by atoms with E-state index in [0.29, 0.717) is 23.0 Å². The fraction of sp³-hybridized carbons (Fsp3) is 0. The first-order valence-corrected chi connectivity index (χ1v) is 9.22. The minimum absolute atomic E-state index is 0.0427. The van der Waals surface area contributed by atoms with Crippen molar-refractivity contribution in [2.75, 3.05) is 11.5 Å². The van der Waals surface area contributed by atoms with E-state index in [9.17, 15) is 10.2 Å². The van der Waals surface area contributed by atoms with Gasteiger partial charge >= 0.3 is 0 Å². The van der Waals surface area contributed by atoms with Crippen molar-refractivity contribution in [3.05, 3.63) is 84.9 Å². The number of phenolic OH excluding ortho intramolecular Hbond substituents is 2. The second-order valence-electron chi connectivity index (χ2n) is 6.67. The Kier molecular flexibility index (Phi) is 5.05. The van der Waals surface area contributed by atoms with Crippen molar-refractivity contribution in [1.82, 2.24) is 0 Å². The minimum Gasteiger partial charge on any atom is -0.506 e. The number of hydrogen-bond donors (Lipinski definition) is 4. The van der Waals surface area contributed by atoms with Gasteiger partial charge in [0.25, 0.3) is 0 Å². The zero-order valence-electron chi connectivity index (χ0n) is 15.9. The Bertz CT molecular complexity index is 1190. The number of rotatable bonds is 5. The average Bonchev–Trinajstić information content (AvgIpc) is 2.75. The lowest BCUT2D eigenvalue weighted by Crippen LogP contribution is -1.92. The van der Waals surface area contributed by atoms with E-state index in [4.69, 9.17) is 20.9 Å². The van der Waals surface area contributed by atoms with E-state index in [-0.39, 0.29) is 22.9 Å². The van der Waals surface area contributed by atoms with Gasteiger partial charge in [0.05, 0.1) is 11.4 Å². The Morgan fingerprint density at radius 1 is 0.567 bits per heavy atom. The van der Waals surface area contributed by atoms with Crippen LogP contribution in [-0.4, -0.2) is 10.2 Å². The summed E-state index contributed by atoms with van der Waals surface area (Å²) in [4.78, 5) is 0. The van der Waals surface area contributed by atoms with Crippen molar-refractivity contribution in [1.29, 1.82) is 0 Å². The molecule has 0 atom stereocenters. The molecule has 0 heterocycles. The molecule has 6 nitrogen and oxygen atoms in total. The van der Waals surface area contributed by atoms with E-state index in [0.717, 1.165) is 11.1 Å². The zero-order valence-corrected chi connectivity index (χ0v) is 15.9. The third-order valence-electron chi connectivity index (χ3n) is 4.50. The fourth-order valence-electron chi connectivity index (χ4n) is 2.94. The summed E-state index contributed by atoms with van der Waals surface area (Å²) in [5.41, 5.74) is 13.6. The number of anilines is 2. The molecule has 6 heteroatoms. The summed E-state index contributed by atoms with van der Waals surface area (Å²) in [5, 5.41) is 19.7. The molecule has 0 aliphatic heterocycles. The largest absolute Gasteiger partial charge is 0.506 e. The van der Waals surface area contributed by atoms with Crippen LogP contribution in [-0.2, 0) is 0 Å². The molecule has 4 rings (SSSR count). The lowest BCUT2D eigenvalue weighted by molar-refractivity contribution is 0.450. The normalized spacial score (nSPS) is 10.5. The predicted octanol–water partition coefficient (Wildman–Crippen LogP) is 5.51. The van der Waals surface area contributed by atoms with Gasteiger partial charge in [-0.2, -0.15) is 0 Å². The summed E-state index contributed by atoms with van der Waals surface area (Å²) in [5.74, 6) is 1.97. The minimum atomic E-state index is -0.0446. The SMILES string of the molecule is Nc1ccc(Oc2ccc(Oc3ccc(N)c(O)c3)c(-c3ccccc3)c2)cc1O. The molecule has 0 aliphatic rings. The third-order valence-corrected chi connectivity index (χ3v) is 4.50. The summed E-state index contributed by atoms with van der Waals surface area (Å²) in [6.07, 6.45) is 0.